The maximum absolute atomic E-state index is 12.9. The first-order valence-electron chi connectivity index (χ1n) is 9.96. The third-order valence-corrected chi connectivity index (χ3v) is 5.81. The second-order valence-electron chi connectivity index (χ2n) is 8.05. The molecule has 1 unspecified atom stereocenters. The zero-order valence-electron chi connectivity index (χ0n) is 16.3. The summed E-state index contributed by atoms with van der Waals surface area (Å²) in [5.41, 5.74) is 1.37. The van der Waals surface area contributed by atoms with Crippen LogP contribution in [0.4, 0.5) is 13.2 Å². The van der Waals surface area contributed by atoms with Gasteiger partial charge in [0.1, 0.15) is 5.76 Å². The van der Waals surface area contributed by atoms with Crippen molar-refractivity contribution in [2.24, 2.45) is 5.92 Å². The van der Waals surface area contributed by atoms with Crippen molar-refractivity contribution in [3.05, 3.63) is 52.4 Å². The third kappa shape index (κ3) is 4.32. The fourth-order valence-electron chi connectivity index (χ4n) is 4.11. The van der Waals surface area contributed by atoms with Gasteiger partial charge < -0.3 is 9.42 Å². The van der Waals surface area contributed by atoms with E-state index in [-0.39, 0.29) is 5.91 Å². The van der Waals surface area contributed by atoms with E-state index in [4.69, 9.17) is 4.52 Å². The van der Waals surface area contributed by atoms with Gasteiger partial charge in [0.15, 0.2) is 5.69 Å². The number of alkyl halides is 3. The Labute approximate surface area is 167 Å². The van der Waals surface area contributed by atoms with E-state index in [1.54, 1.807) is 11.0 Å². The summed E-state index contributed by atoms with van der Waals surface area (Å²) in [6.07, 6.45) is -1.66. The lowest BCUT2D eigenvalue weighted by Crippen LogP contribution is -2.48. The zero-order valence-corrected chi connectivity index (χ0v) is 16.3. The highest BCUT2D eigenvalue weighted by Gasteiger charge is 2.32. The molecule has 0 N–H and O–H groups in total. The molecule has 5 nitrogen and oxygen atoms in total. The van der Waals surface area contributed by atoms with Gasteiger partial charge >= 0.3 is 6.18 Å². The van der Waals surface area contributed by atoms with Crippen LogP contribution in [0.15, 0.2) is 28.8 Å². The fraction of sp³-hybridized carbons (Fsp3) is 0.524. The lowest BCUT2D eigenvalue weighted by molar-refractivity contribution is -0.137. The van der Waals surface area contributed by atoms with E-state index in [1.807, 2.05) is 0 Å². The molecular formula is C21H24F3N3O2. The lowest BCUT2D eigenvalue weighted by atomic mass is 9.88. The quantitative estimate of drug-likeness (QED) is 0.777. The zero-order chi connectivity index (χ0) is 20.6. The van der Waals surface area contributed by atoms with E-state index in [1.165, 1.54) is 12.1 Å². The first-order valence-corrected chi connectivity index (χ1v) is 9.96. The van der Waals surface area contributed by atoms with Crippen molar-refractivity contribution in [1.82, 2.24) is 15.0 Å². The topological polar surface area (TPSA) is 49.6 Å². The molecule has 29 heavy (non-hydrogen) atoms. The lowest BCUT2D eigenvalue weighted by Gasteiger charge is -2.34. The highest BCUT2D eigenvalue weighted by molar-refractivity contribution is 5.94. The molecule has 0 bridgehead atoms. The predicted molar refractivity (Wildman–Crippen MR) is 100 cm³/mol. The Balaban J connectivity index is 1.37. The summed E-state index contributed by atoms with van der Waals surface area (Å²) in [6.45, 7) is 4.86. The molecule has 2 aromatic rings. The number of aromatic nitrogens is 1. The van der Waals surface area contributed by atoms with Crippen LogP contribution < -0.4 is 0 Å². The average molecular weight is 407 g/mol. The standard InChI is InChI=1S/C21H24F3N3O2/c1-14-5-6-18-17(11-14)19(25-29-18)20(28)27-9-7-26(8-10-27)13-15-3-2-4-16(12-15)21(22,23)24/h2-4,12,14H,5-11,13H2,1H3. The molecule has 1 aliphatic heterocycles. The van der Waals surface area contributed by atoms with E-state index in [2.05, 4.69) is 17.0 Å². The maximum Gasteiger partial charge on any atom is 0.416 e. The summed E-state index contributed by atoms with van der Waals surface area (Å²) in [6, 6.07) is 5.42. The van der Waals surface area contributed by atoms with Gasteiger partial charge in [0.25, 0.3) is 5.91 Å². The van der Waals surface area contributed by atoms with Gasteiger partial charge in [-0.2, -0.15) is 13.2 Å². The average Bonchev–Trinajstić information content (AvgIpc) is 3.10. The first kappa shape index (κ1) is 19.9. The largest absolute Gasteiger partial charge is 0.416 e. The van der Waals surface area contributed by atoms with Gasteiger partial charge in [0.05, 0.1) is 5.56 Å². The van der Waals surface area contributed by atoms with Crippen molar-refractivity contribution in [2.45, 2.75) is 38.9 Å². The summed E-state index contributed by atoms with van der Waals surface area (Å²) < 4.78 is 44.1. The smallest absolute Gasteiger partial charge is 0.360 e. The minimum Gasteiger partial charge on any atom is -0.360 e. The summed E-state index contributed by atoms with van der Waals surface area (Å²) in [7, 11) is 0. The Morgan fingerprint density at radius 3 is 2.72 bits per heavy atom. The summed E-state index contributed by atoms with van der Waals surface area (Å²) in [4.78, 5) is 16.8. The molecule has 0 saturated carbocycles. The van der Waals surface area contributed by atoms with Crippen LogP contribution >= 0.6 is 0 Å². The molecule has 1 atom stereocenters. The predicted octanol–water partition coefficient (Wildman–Crippen LogP) is 3.78. The number of rotatable bonds is 3. The van der Waals surface area contributed by atoms with Crippen molar-refractivity contribution in [1.29, 1.82) is 0 Å². The van der Waals surface area contributed by atoms with Gasteiger partial charge in [-0.05, 0) is 30.4 Å². The van der Waals surface area contributed by atoms with Gasteiger partial charge in [-0.3, -0.25) is 9.69 Å². The molecule has 2 aliphatic rings. The molecule has 0 spiro atoms. The van der Waals surface area contributed by atoms with E-state index < -0.39 is 11.7 Å². The van der Waals surface area contributed by atoms with Crippen LogP contribution in [0.25, 0.3) is 0 Å². The van der Waals surface area contributed by atoms with Crippen molar-refractivity contribution < 1.29 is 22.5 Å². The number of hydrogen-bond acceptors (Lipinski definition) is 4. The van der Waals surface area contributed by atoms with Crippen molar-refractivity contribution in [3.8, 4) is 0 Å². The summed E-state index contributed by atoms with van der Waals surface area (Å²) in [5, 5.41) is 4.04. The van der Waals surface area contributed by atoms with Crippen LogP contribution in [0, 0.1) is 5.92 Å². The highest BCUT2D eigenvalue weighted by atomic mass is 19.4. The fourth-order valence-corrected chi connectivity index (χ4v) is 4.11. The van der Waals surface area contributed by atoms with Gasteiger partial charge in [-0.15, -0.1) is 0 Å². The molecule has 156 valence electrons. The van der Waals surface area contributed by atoms with Crippen molar-refractivity contribution >= 4 is 5.91 Å². The number of hydrogen-bond donors (Lipinski definition) is 0. The monoisotopic (exact) mass is 407 g/mol. The number of piperazine rings is 1. The van der Waals surface area contributed by atoms with Crippen molar-refractivity contribution in [2.75, 3.05) is 26.2 Å². The normalized spacial score (nSPS) is 20.6. The van der Waals surface area contributed by atoms with Gasteiger partial charge in [-0.1, -0.05) is 30.3 Å². The van der Waals surface area contributed by atoms with Crippen LogP contribution in [0.1, 0.15) is 46.3 Å². The number of nitrogens with zero attached hydrogens (tertiary/aromatic N) is 3. The Kier molecular flexibility index (Phi) is 5.38. The number of benzene rings is 1. The molecule has 4 rings (SSSR count). The van der Waals surface area contributed by atoms with E-state index in [0.29, 0.717) is 49.9 Å². The molecule has 8 heteroatoms. The van der Waals surface area contributed by atoms with Crippen LogP contribution in [-0.4, -0.2) is 47.0 Å². The maximum atomic E-state index is 12.9. The summed E-state index contributed by atoms with van der Waals surface area (Å²) in [5.74, 6) is 1.23. The van der Waals surface area contributed by atoms with E-state index >= 15 is 0 Å². The number of carbonyl (C=O) groups excluding carboxylic acids is 1. The Bertz CT molecular complexity index is 886. The van der Waals surface area contributed by atoms with E-state index in [0.717, 1.165) is 36.7 Å². The third-order valence-electron chi connectivity index (χ3n) is 5.81. The van der Waals surface area contributed by atoms with Gasteiger partial charge in [-0.25, -0.2) is 0 Å². The molecule has 2 heterocycles. The minimum absolute atomic E-state index is 0.109. The molecular weight excluding hydrogens is 383 g/mol. The van der Waals surface area contributed by atoms with Gasteiger partial charge in [0.2, 0.25) is 0 Å². The molecule has 1 fully saturated rings. The Hall–Kier alpha value is -2.35. The molecule has 1 aliphatic carbocycles. The minimum atomic E-state index is -4.34. The van der Waals surface area contributed by atoms with Crippen LogP contribution in [0.5, 0.6) is 0 Å². The number of carbonyl (C=O) groups is 1. The molecule has 0 radical (unpaired) electrons. The highest BCUT2D eigenvalue weighted by Crippen LogP contribution is 2.30. The van der Waals surface area contributed by atoms with Crippen LogP contribution in [-0.2, 0) is 25.6 Å². The Morgan fingerprint density at radius 2 is 2.00 bits per heavy atom. The molecule has 1 aromatic carbocycles. The molecule has 1 aromatic heterocycles. The first-order chi connectivity index (χ1) is 13.8. The van der Waals surface area contributed by atoms with Crippen LogP contribution in [0.2, 0.25) is 0 Å². The van der Waals surface area contributed by atoms with Gasteiger partial charge in [0, 0.05) is 44.7 Å². The summed E-state index contributed by atoms with van der Waals surface area (Å²) >= 11 is 0. The molecule has 1 saturated heterocycles. The Morgan fingerprint density at radius 1 is 1.24 bits per heavy atom. The van der Waals surface area contributed by atoms with Crippen molar-refractivity contribution in [3.63, 3.8) is 0 Å². The number of amides is 1. The molecule has 1 amide bonds. The number of fused-ring (bicyclic) bond motifs is 1. The van der Waals surface area contributed by atoms with Crippen LogP contribution in [0.3, 0.4) is 0 Å². The number of aryl methyl sites for hydroxylation is 1. The SMILES string of the molecule is CC1CCc2onc(C(=O)N3CCN(Cc4cccc(C(F)(F)F)c4)CC3)c2C1. The second kappa shape index (κ2) is 7.82. The number of halogens is 3. The van der Waals surface area contributed by atoms with E-state index in [9.17, 15) is 18.0 Å². The second-order valence-corrected chi connectivity index (χ2v) is 8.05.